The van der Waals surface area contributed by atoms with Crippen LogP contribution in [0.1, 0.15) is 6.92 Å². The van der Waals surface area contributed by atoms with Gasteiger partial charge in [-0.15, -0.1) is 0 Å². The summed E-state index contributed by atoms with van der Waals surface area (Å²) in [4.78, 5) is 1.04. The molecule has 3 nitrogen and oxygen atoms in total. The zero-order valence-electron chi connectivity index (χ0n) is 6.27. The summed E-state index contributed by atoms with van der Waals surface area (Å²) in [5.41, 5.74) is 4.32. The Bertz CT molecular complexity index is 193. The van der Waals surface area contributed by atoms with Crippen molar-refractivity contribution in [1.29, 1.82) is 0 Å². The predicted octanol–water partition coefficient (Wildman–Crippen LogP) is 0.589. The third-order valence-electron chi connectivity index (χ3n) is 1.54. The molecule has 0 aromatic heterocycles. The highest BCUT2D eigenvalue weighted by Gasteiger charge is 2.47. The van der Waals surface area contributed by atoms with Crippen LogP contribution in [0.25, 0.3) is 0 Å². The smallest absolute Gasteiger partial charge is 0.323 e. The van der Waals surface area contributed by atoms with Gasteiger partial charge in [0.2, 0.25) is 0 Å². The molecule has 1 rings (SSSR count). The van der Waals surface area contributed by atoms with E-state index in [1.807, 2.05) is 0 Å². The minimum atomic E-state index is -4.30. The van der Waals surface area contributed by atoms with Crippen molar-refractivity contribution in [3.63, 3.8) is 0 Å². The number of hydrogen-bond donors (Lipinski definition) is 2. The van der Waals surface area contributed by atoms with Crippen LogP contribution in [0, 0.1) is 0 Å². The molecule has 0 spiro atoms. The molecule has 0 aromatic rings. The van der Waals surface area contributed by atoms with Crippen LogP contribution in [0.3, 0.4) is 0 Å². The molecule has 0 amide bonds. The fraction of sp³-hybridized carbons (Fsp3) is 0.800. The van der Waals surface area contributed by atoms with Crippen LogP contribution in [0.5, 0.6) is 0 Å². The lowest BCUT2D eigenvalue weighted by Crippen LogP contribution is -2.48. The van der Waals surface area contributed by atoms with E-state index in [2.05, 4.69) is 23.1 Å². The fourth-order valence-electron chi connectivity index (χ4n) is 0.982. The second-order valence-electron chi connectivity index (χ2n) is 2.30. The van der Waals surface area contributed by atoms with Crippen molar-refractivity contribution in [3.8, 4) is 0 Å². The van der Waals surface area contributed by atoms with Gasteiger partial charge in [-0.25, -0.2) is 5.43 Å². The maximum absolute atomic E-state index is 12.2. The summed E-state index contributed by atoms with van der Waals surface area (Å²) in [6.07, 6.45) is -6.00. The second-order valence-corrected chi connectivity index (χ2v) is 2.69. The quantitative estimate of drug-likeness (QED) is 0.604. The van der Waals surface area contributed by atoms with Crippen molar-refractivity contribution >= 4 is 17.3 Å². The van der Waals surface area contributed by atoms with Gasteiger partial charge in [-0.2, -0.15) is 13.2 Å². The highest BCUT2D eigenvalue weighted by Crippen LogP contribution is 2.24. The van der Waals surface area contributed by atoms with E-state index in [-0.39, 0.29) is 11.7 Å². The van der Waals surface area contributed by atoms with Gasteiger partial charge in [0.05, 0.1) is 0 Å². The molecule has 0 saturated carbocycles. The van der Waals surface area contributed by atoms with E-state index in [9.17, 15) is 13.2 Å². The first kappa shape index (κ1) is 9.53. The molecule has 1 saturated heterocycles. The Hall–Kier alpha value is -0.560. The maximum Gasteiger partial charge on any atom is 0.423 e. The molecule has 1 heterocycles. The SMILES string of the molecule is CCN1C(=S)NNC1C(F)(F)F. The van der Waals surface area contributed by atoms with Crippen molar-refractivity contribution in [3.05, 3.63) is 0 Å². The van der Waals surface area contributed by atoms with E-state index in [0.29, 0.717) is 0 Å². The van der Waals surface area contributed by atoms with Gasteiger partial charge in [0.1, 0.15) is 0 Å². The van der Waals surface area contributed by atoms with Crippen LogP contribution in [-0.2, 0) is 0 Å². The van der Waals surface area contributed by atoms with Crippen molar-refractivity contribution in [2.75, 3.05) is 6.54 Å². The van der Waals surface area contributed by atoms with Gasteiger partial charge >= 0.3 is 6.18 Å². The molecule has 1 atom stereocenters. The molecule has 1 aliphatic rings. The Morgan fingerprint density at radius 3 is 2.50 bits per heavy atom. The van der Waals surface area contributed by atoms with Crippen LogP contribution in [0.15, 0.2) is 0 Å². The molecule has 0 radical (unpaired) electrons. The summed E-state index contributed by atoms with van der Waals surface area (Å²) in [5.74, 6) is 0. The average Bonchev–Trinajstić information content (AvgIpc) is 2.29. The molecule has 2 N–H and O–H groups in total. The van der Waals surface area contributed by atoms with Gasteiger partial charge in [-0.3, -0.25) is 5.43 Å². The summed E-state index contributed by atoms with van der Waals surface area (Å²) in [7, 11) is 0. The van der Waals surface area contributed by atoms with E-state index >= 15 is 0 Å². The summed E-state index contributed by atoms with van der Waals surface area (Å²) in [5, 5.41) is 0.0832. The number of thiocarbonyl (C=S) groups is 1. The number of halogens is 3. The third-order valence-corrected chi connectivity index (χ3v) is 1.88. The van der Waals surface area contributed by atoms with E-state index in [1.165, 1.54) is 0 Å². The van der Waals surface area contributed by atoms with E-state index in [1.54, 1.807) is 6.92 Å². The number of hydrogen-bond acceptors (Lipinski definition) is 2. The van der Waals surface area contributed by atoms with E-state index < -0.39 is 12.3 Å². The number of nitrogens with zero attached hydrogens (tertiary/aromatic N) is 1. The fourth-order valence-corrected chi connectivity index (χ4v) is 1.28. The zero-order valence-corrected chi connectivity index (χ0v) is 7.09. The highest BCUT2D eigenvalue weighted by molar-refractivity contribution is 7.80. The Kier molecular flexibility index (Phi) is 2.43. The minimum Gasteiger partial charge on any atom is -0.323 e. The monoisotopic (exact) mass is 199 g/mol. The molecular weight excluding hydrogens is 191 g/mol. The number of rotatable bonds is 1. The summed E-state index contributed by atoms with van der Waals surface area (Å²) < 4.78 is 36.5. The van der Waals surface area contributed by atoms with Gasteiger partial charge < -0.3 is 4.90 Å². The standard InChI is InChI=1S/C5H8F3N3S/c1-2-11-3(5(6,7)8)9-10-4(11)12/h3,9H,2H2,1H3,(H,10,12). The van der Waals surface area contributed by atoms with Gasteiger partial charge in [-0.05, 0) is 19.1 Å². The Morgan fingerprint density at radius 1 is 1.58 bits per heavy atom. The first-order valence-electron chi connectivity index (χ1n) is 3.35. The largest absolute Gasteiger partial charge is 0.423 e. The molecule has 0 aliphatic carbocycles. The number of alkyl halides is 3. The number of hydrazine groups is 1. The summed E-state index contributed by atoms with van der Waals surface area (Å²) in [6, 6.07) is 0. The Labute approximate surface area is 72.9 Å². The molecule has 1 fully saturated rings. The average molecular weight is 199 g/mol. The molecule has 0 bridgehead atoms. The maximum atomic E-state index is 12.2. The molecule has 1 aliphatic heterocycles. The third kappa shape index (κ3) is 1.61. The second kappa shape index (κ2) is 3.06. The van der Waals surface area contributed by atoms with Crippen LogP contribution < -0.4 is 10.9 Å². The summed E-state index contributed by atoms with van der Waals surface area (Å²) in [6.45, 7) is 1.84. The van der Waals surface area contributed by atoms with Gasteiger partial charge in [0.25, 0.3) is 0 Å². The van der Waals surface area contributed by atoms with Gasteiger partial charge in [0.15, 0.2) is 11.3 Å². The highest BCUT2D eigenvalue weighted by atomic mass is 32.1. The Balaban J connectivity index is 2.73. The minimum absolute atomic E-state index is 0.0832. The van der Waals surface area contributed by atoms with Crippen LogP contribution in [0.2, 0.25) is 0 Å². The first-order chi connectivity index (χ1) is 5.46. The van der Waals surface area contributed by atoms with Crippen LogP contribution in [0.4, 0.5) is 13.2 Å². The predicted molar refractivity (Wildman–Crippen MR) is 41.1 cm³/mol. The van der Waals surface area contributed by atoms with Crippen molar-refractivity contribution < 1.29 is 13.2 Å². The van der Waals surface area contributed by atoms with Crippen molar-refractivity contribution in [1.82, 2.24) is 15.8 Å². The number of nitrogens with one attached hydrogen (secondary N) is 2. The lowest BCUT2D eigenvalue weighted by atomic mass is 10.4. The zero-order chi connectivity index (χ0) is 9.35. The molecular formula is C5H8F3N3S. The lowest BCUT2D eigenvalue weighted by molar-refractivity contribution is -0.176. The Morgan fingerprint density at radius 2 is 2.17 bits per heavy atom. The van der Waals surface area contributed by atoms with E-state index in [4.69, 9.17) is 0 Å². The molecule has 70 valence electrons. The van der Waals surface area contributed by atoms with E-state index in [0.717, 1.165) is 4.90 Å². The topological polar surface area (TPSA) is 27.3 Å². The lowest BCUT2D eigenvalue weighted by Gasteiger charge is -2.23. The van der Waals surface area contributed by atoms with Crippen LogP contribution in [-0.4, -0.2) is 28.9 Å². The van der Waals surface area contributed by atoms with Gasteiger partial charge in [-0.1, -0.05) is 0 Å². The molecule has 1 unspecified atom stereocenters. The molecule has 0 aromatic carbocycles. The normalized spacial score (nSPS) is 24.5. The van der Waals surface area contributed by atoms with Crippen LogP contribution >= 0.6 is 12.2 Å². The van der Waals surface area contributed by atoms with Crippen molar-refractivity contribution in [2.24, 2.45) is 0 Å². The van der Waals surface area contributed by atoms with Gasteiger partial charge in [0, 0.05) is 6.54 Å². The first-order valence-corrected chi connectivity index (χ1v) is 3.76. The molecule has 7 heteroatoms. The summed E-state index contributed by atoms with van der Waals surface area (Å²) >= 11 is 4.64. The molecule has 12 heavy (non-hydrogen) atoms. The van der Waals surface area contributed by atoms with Crippen molar-refractivity contribution in [2.45, 2.75) is 19.3 Å².